The van der Waals surface area contributed by atoms with Crippen LogP contribution in [0.2, 0.25) is 0 Å². The number of pyridine rings is 1. The first-order valence-electron chi connectivity index (χ1n) is 9.91. The van der Waals surface area contributed by atoms with E-state index >= 15 is 0 Å². The normalized spacial score (nSPS) is 17.6. The summed E-state index contributed by atoms with van der Waals surface area (Å²) in [6.45, 7) is 0. The van der Waals surface area contributed by atoms with Gasteiger partial charge in [-0.05, 0) is 66.2 Å². The minimum Gasteiger partial charge on any atom is -0.507 e. The van der Waals surface area contributed by atoms with Crippen molar-refractivity contribution in [2.24, 2.45) is 0 Å². The van der Waals surface area contributed by atoms with Crippen molar-refractivity contribution >= 4 is 23.1 Å². The Bertz CT molecular complexity index is 1240. The average Bonchev–Trinajstić information content (AvgIpc) is 3.09. The Labute approximate surface area is 191 Å². The van der Waals surface area contributed by atoms with Gasteiger partial charge in [0, 0.05) is 23.6 Å². The summed E-state index contributed by atoms with van der Waals surface area (Å²) in [5.41, 5.74) is 0.732. The smallest absolute Gasteiger partial charge is 0.507 e. The number of amides is 1. The number of benzene rings is 2. The Morgan fingerprint density at radius 1 is 0.941 bits per heavy atom. The molecule has 0 spiro atoms. The number of nitrogens with zero attached hydrogens (tertiary/aromatic N) is 2. The largest absolute Gasteiger partial charge is 0.573 e. The van der Waals surface area contributed by atoms with Gasteiger partial charge in [0.15, 0.2) is 0 Å². The molecule has 0 bridgehead atoms. The van der Waals surface area contributed by atoms with Crippen LogP contribution in [-0.2, 0) is 9.59 Å². The maximum atomic E-state index is 13.0. The number of anilines is 1. The fraction of sp³-hybridized carbons (Fsp3) is 0.125. The maximum Gasteiger partial charge on any atom is 0.573 e. The molecule has 1 amide bonds. The molecule has 1 aliphatic rings. The van der Waals surface area contributed by atoms with Gasteiger partial charge in [0.1, 0.15) is 17.3 Å². The molecule has 1 N–H and O–H groups in total. The number of Topliss-reactive ketones (excluding diaryl/α,β-unsaturated/α-hetero) is 1. The molecule has 1 saturated heterocycles. The molecule has 2 aromatic carbocycles. The molecule has 4 rings (SSSR count). The molecular weight excluding hydrogens is 453 g/mol. The molecule has 10 heteroatoms. The topological polar surface area (TPSA) is 89.0 Å². The zero-order valence-corrected chi connectivity index (χ0v) is 17.6. The van der Waals surface area contributed by atoms with Crippen molar-refractivity contribution in [2.75, 3.05) is 12.0 Å². The van der Waals surface area contributed by atoms with E-state index in [9.17, 15) is 27.9 Å². The van der Waals surface area contributed by atoms with Crippen LogP contribution < -0.4 is 14.4 Å². The Balaban J connectivity index is 1.82. The van der Waals surface area contributed by atoms with E-state index in [1.54, 1.807) is 24.3 Å². The zero-order chi connectivity index (χ0) is 24.5. The quantitative estimate of drug-likeness (QED) is 0.333. The monoisotopic (exact) mass is 470 g/mol. The number of carbonyl (C=O) groups excluding carboxylic acids is 2. The third-order valence-electron chi connectivity index (χ3n) is 5.18. The van der Waals surface area contributed by atoms with Crippen molar-refractivity contribution in [3.63, 3.8) is 0 Å². The Hall–Kier alpha value is -4.34. The highest BCUT2D eigenvalue weighted by Crippen LogP contribution is 2.42. The summed E-state index contributed by atoms with van der Waals surface area (Å²) in [6.07, 6.45) is -1.95. The minimum atomic E-state index is -4.87. The predicted octanol–water partition coefficient (Wildman–Crippen LogP) is 4.62. The van der Waals surface area contributed by atoms with E-state index in [1.165, 1.54) is 43.8 Å². The molecule has 0 radical (unpaired) electrons. The molecule has 3 aromatic rings. The molecule has 7 nitrogen and oxygen atoms in total. The number of hydrogen-bond acceptors (Lipinski definition) is 6. The molecule has 1 unspecified atom stereocenters. The number of aliphatic hydroxyl groups is 1. The van der Waals surface area contributed by atoms with Gasteiger partial charge in [-0.3, -0.25) is 19.5 Å². The summed E-state index contributed by atoms with van der Waals surface area (Å²) < 4.78 is 46.5. The second-order valence-corrected chi connectivity index (χ2v) is 7.22. The molecule has 0 aliphatic carbocycles. The average molecular weight is 470 g/mol. The molecular formula is C24H17F3N2O5. The van der Waals surface area contributed by atoms with Crippen LogP contribution >= 0.6 is 0 Å². The fourth-order valence-electron chi connectivity index (χ4n) is 3.67. The molecule has 1 atom stereocenters. The lowest BCUT2D eigenvalue weighted by atomic mass is 9.95. The number of methoxy groups -OCH3 is 1. The Kier molecular flexibility index (Phi) is 5.97. The number of ether oxygens (including phenoxy) is 2. The van der Waals surface area contributed by atoms with Crippen molar-refractivity contribution in [3.05, 3.63) is 89.8 Å². The van der Waals surface area contributed by atoms with Gasteiger partial charge in [0.05, 0.1) is 18.7 Å². The molecule has 1 aliphatic heterocycles. The Morgan fingerprint density at radius 3 is 2.09 bits per heavy atom. The second-order valence-electron chi connectivity index (χ2n) is 7.22. The van der Waals surface area contributed by atoms with E-state index in [2.05, 4.69) is 9.72 Å². The van der Waals surface area contributed by atoms with Crippen LogP contribution in [0.5, 0.6) is 11.5 Å². The predicted molar refractivity (Wildman–Crippen MR) is 115 cm³/mol. The third-order valence-corrected chi connectivity index (χ3v) is 5.18. The van der Waals surface area contributed by atoms with Gasteiger partial charge in [0.25, 0.3) is 11.7 Å². The molecule has 1 fully saturated rings. The van der Waals surface area contributed by atoms with E-state index in [-0.39, 0.29) is 16.8 Å². The molecule has 1 aromatic heterocycles. The van der Waals surface area contributed by atoms with Gasteiger partial charge >= 0.3 is 6.36 Å². The van der Waals surface area contributed by atoms with Gasteiger partial charge in [-0.15, -0.1) is 13.2 Å². The maximum absolute atomic E-state index is 13.0. The van der Waals surface area contributed by atoms with Gasteiger partial charge < -0.3 is 14.6 Å². The van der Waals surface area contributed by atoms with Crippen LogP contribution in [0.4, 0.5) is 18.9 Å². The number of rotatable bonds is 5. The second kappa shape index (κ2) is 8.89. The molecule has 34 heavy (non-hydrogen) atoms. The number of alkyl halides is 3. The van der Waals surface area contributed by atoms with Crippen molar-refractivity contribution in [3.8, 4) is 11.5 Å². The fourth-order valence-corrected chi connectivity index (χ4v) is 3.67. The number of aromatic nitrogens is 1. The minimum absolute atomic E-state index is 0.146. The molecule has 2 heterocycles. The number of aliphatic hydroxyl groups excluding tert-OH is 1. The number of carbonyl (C=O) groups is 2. The van der Waals surface area contributed by atoms with E-state index in [0.29, 0.717) is 11.3 Å². The standard InChI is InChI=1S/C24H17F3N2O5/c1-33-17-6-2-15(3-7-17)21(30)19-20(14-10-12-28-13-11-14)29(23(32)22(19)31)16-4-8-18(9-5-16)34-24(25,26)27/h2-13,20,30H,1H3/b21-19-. The number of halogens is 3. The summed E-state index contributed by atoms with van der Waals surface area (Å²) in [6, 6.07) is 12.9. The highest BCUT2D eigenvalue weighted by Gasteiger charge is 2.47. The van der Waals surface area contributed by atoms with Crippen molar-refractivity contribution < 1.29 is 37.3 Å². The highest BCUT2D eigenvalue weighted by molar-refractivity contribution is 6.51. The van der Waals surface area contributed by atoms with E-state index in [1.807, 2.05) is 0 Å². The zero-order valence-electron chi connectivity index (χ0n) is 17.6. The lowest BCUT2D eigenvalue weighted by Gasteiger charge is -2.25. The highest BCUT2D eigenvalue weighted by atomic mass is 19.4. The van der Waals surface area contributed by atoms with Gasteiger partial charge in [0.2, 0.25) is 0 Å². The summed E-state index contributed by atoms with van der Waals surface area (Å²) in [4.78, 5) is 31.1. The van der Waals surface area contributed by atoms with Crippen LogP contribution in [0.1, 0.15) is 17.2 Å². The SMILES string of the molecule is COc1ccc(/C(O)=C2/C(=O)C(=O)N(c3ccc(OC(F)(F)F)cc3)C2c2ccncc2)cc1. The van der Waals surface area contributed by atoms with Crippen LogP contribution in [0, 0.1) is 0 Å². The first-order chi connectivity index (χ1) is 16.2. The van der Waals surface area contributed by atoms with Crippen molar-refractivity contribution in [1.29, 1.82) is 0 Å². The Morgan fingerprint density at radius 2 is 1.53 bits per heavy atom. The lowest BCUT2D eigenvalue weighted by molar-refractivity contribution is -0.274. The first kappa shape index (κ1) is 22.8. The van der Waals surface area contributed by atoms with Crippen LogP contribution in [0.3, 0.4) is 0 Å². The van der Waals surface area contributed by atoms with Gasteiger partial charge in [-0.25, -0.2) is 0 Å². The first-order valence-corrected chi connectivity index (χ1v) is 9.91. The van der Waals surface area contributed by atoms with Gasteiger partial charge in [-0.1, -0.05) is 0 Å². The van der Waals surface area contributed by atoms with E-state index in [4.69, 9.17) is 4.74 Å². The van der Waals surface area contributed by atoms with Crippen LogP contribution in [0.15, 0.2) is 78.6 Å². The summed E-state index contributed by atoms with van der Waals surface area (Å²) in [5, 5.41) is 11.0. The van der Waals surface area contributed by atoms with Crippen LogP contribution in [-0.4, -0.2) is 35.3 Å². The summed E-state index contributed by atoms with van der Waals surface area (Å²) in [5.74, 6) is -2.23. The molecule has 174 valence electrons. The third kappa shape index (κ3) is 4.42. The summed E-state index contributed by atoms with van der Waals surface area (Å²) in [7, 11) is 1.48. The van der Waals surface area contributed by atoms with E-state index in [0.717, 1.165) is 17.0 Å². The molecule has 0 saturated carbocycles. The van der Waals surface area contributed by atoms with E-state index < -0.39 is 35.6 Å². The number of hydrogen-bond donors (Lipinski definition) is 1. The van der Waals surface area contributed by atoms with Crippen LogP contribution in [0.25, 0.3) is 5.76 Å². The number of ketones is 1. The lowest BCUT2D eigenvalue weighted by Crippen LogP contribution is -2.29. The van der Waals surface area contributed by atoms with Gasteiger partial charge in [-0.2, -0.15) is 0 Å². The van der Waals surface area contributed by atoms with Crippen molar-refractivity contribution in [1.82, 2.24) is 4.98 Å². The summed E-state index contributed by atoms with van der Waals surface area (Å²) >= 11 is 0. The van der Waals surface area contributed by atoms with Crippen molar-refractivity contribution in [2.45, 2.75) is 12.4 Å².